The molecule has 0 saturated heterocycles. The first-order valence-electron chi connectivity index (χ1n) is 20.5. The number of benzene rings is 8. The highest BCUT2D eigenvalue weighted by molar-refractivity contribution is 6.16. The van der Waals surface area contributed by atoms with Crippen molar-refractivity contribution in [1.82, 2.24) is 19.9 Å². The topological polar surface area (TPSA) is 77.8 Å². The highest BCUT2D eigenvalue weighted by Gasteiger charge is 2.53. The summed E-state index contributed by atoms with van der Waals surface area (Å²) in [6.45, 7) is 0. The maximum Gasteiger partial charge on any atom is 0.166 e. The smallest absolute Gasteiger partial charge is 0.166 e. The van der Waals surface area contributed by atoms with Crippen LogP contribution in [0.5, 0.6) is 0 Å². The van der Waals surface area contributed by atoms with Crippen LogP contribution in [-0.2, 0) is 5.41 Å². The zero-order valence-corrected chi connectivity index (χ0v) is 32.4. The largest absolute Gasteiger partial charge is 0.456 e. The van der Waals surface area contributed by atoms with E-state index < -0.39 is 5.41 Å². The lowest BCUT2D eigenvalue weighted by atomic mass is 9.69. The van der Waals surface area contributed by atoms with Crippen molar-refractivity contribution in [3.8, 4) is 56.4 Å². The van der Waals surface area contributed by atoms with Gasteiger partial charge in [0.05, 0.1) is 10.9 Å². The minimum absolute atomic E-state index is 0.566. The third-order valence-corrected chi connectivity index (χ3v) is 13.0. The summed E-state index contributed by atoms with van der Waals surface area (Å²) in [5.74, 6) is 1.73. The lowest BCUT2D eigenvalue weighted by Gasteiger charge is -2.31. The van der Waals surface area contributed by atoms with Crippen LogP contribution in [-0.4, -0.2) is 19.9 Å². The summed E-state index contributed by atoms with van der Waals surface area (Å²) >= 11 is 0. The molecular weight excluding hydrogens is 749 g/mol. The molecule has 0 fully saturated rings. The van der Waals surface area contributed by atoms with Gasteiger partial charge >= 0.3 is 0 Å². The predicted molar refractivity (Wildman–Crippen MR) is 242 cm³/mol. The monoisotopic (exact) mass is 778 g/mol. The molecule has 0 radical (unpaired) electrons. The molecule has 0 bridgehead atoms. The van der Waals surface area contributed by atoms with E-state index in [1.54, 1.807) is 0 Å². The van der Waals surface area contributed by atoms with E-state index in [2.05, 4.69) is 121 Å². The lowest BCUT2D eigenvalue weighted by molar-refractivity contribution is 0.666. The summed E-state index contributed by atoms with van der Waals surface area (Å²) in [4.78, 5) is 20.2. The van der Waals surface area contributed by atoms with Crippen LogP contribution in [0.1, 0.15) is 22.3 Å². The minimum Gasteiger partial charge on any atom is -0.456 e. The number of fused-ring (bicyclic) bond motifs is 18. The number of nitrogens with zero attached hydrogens (tertiary/aromatic N) is 4. The van der Waals surface area contributed by atoms with Crippen molar-refractivity contribution in [2.75, 3.05) is 0 Å². The molecule has 1 spiro atoms. The van der Waals surface area contributed by atoms with Crippen molar-refractivity contribution in [2.45, 2.75) is 5.41 Å². The average Bonchev–Trinajstić information content (AvgIpc) is 4.05. The Morgan fingerprint density at radius 3 is 1.90 bits per heavy atom. The molecule has 6 heteroatoms. The molecule has 0 amide bonds. The number of pyridine rings is 1. The van der Waals surface area contributed by atoms with Gasteiger partial charge in [-0.2, -0.15) is 0 Å². The van der Waals surface area contributed by atoms with Crippen LogP contribution in [0.2, 0.25) is 0 Å². The second-order valence-corrected chi connectivity index (χ2v) is 16.1. The van der Waals surface area contributed by atoms with E-state index in [0.717, 1.165) is 71.5 Å². The fourth-order valence-electron chi connectivity index (χ4n) is 10.5. The lowest BCUT2D eigenvalue weighted by Crippen LogP contribution is -2.26. The molecular formula is C55H30N4O2. The first kappa shape index (κ1) is 32.7. The van der Waals surface area contributed by atoms with Crippen molar-refractivity contribution in [3.63, 3.8) is 0 Å². The SMILES string of the molecule is c1ccc(-c2nc(-c3ccc4oc5ccc6c(c5c4c3)C3(c4ccccc4-c4ccccc43)c3cc4oc5ccccc5c4cc3-6)nc(-c3cccc4cccnc34)n2)cc1. The molecule has 61 heavy (non-hydrogen) atoms. The van der Waals surface area contributed by atoms with Crippen molar-refractivity contribution in [2.24, 2.45) is 0 Å². The van der Waals surface area contributed by atoms with Crippen LogP contribution in [0, 0.1) is 0 Å². The number of rotatable bonds is 3. The van der Waals surface area contributed by atoms with Crippen LogP contribution in [0.3, 0.4) is 0 Å². The molecule has 0 saturated carbocycles. The molecule has 4 aromatic heterocycles. The van der Waals surface area contributed by atoms with Gasteiger partial charge in [-0.3, -0.25) is 4.98 Å². The molecule has 0 aliphatic heterocycles. The Hall–Kier alpha value is -8.22. The highest BCUT2D eigenvalue weighted by Crippen LogP contribution is 2.65. The Morgan fingerprint density at radius 1 is 0.377 bits per heavy atom. The molecule has 0 N–H and O–H groups in total. The van der Waals surface area contributed by atoms with Gasteiger partial charge in [0.25, 0.3) is 0 Å². The molecule has 14 rings (SSSR count). The zero-order chi connectivity index (χ0) is 39.8. The molecule has 12 aromatic rings. The van der Waals surface area contributed by atoms with Crippen molar-refractivity contribution in [1.29, 1.82) is 0 Å². The summed E-state index contributed by atoms with van der Waals surface area (Å²) in [7, 11) is 0. The Labute approximate surface area is 348 Å². The molecule has 0 unspecified atom stereocenters. The Kier molecular flexibility index (Phi) is 6.40. The van der Waals surface area contributed by atoms with Gasteiger partial charge in [-0.15, -0.1) is 0 Å². The first-order chi connectivity index (χ1) is 30.2. The number of hydrogen-bond donors (Lipinski definition) is 0. The van der Waals surface area contributed by atoms with Crippen LogP contribution in [0.25, 0.3) is 111 Å². The van der Waals surface area contributed by atoms with Gasteiger partial charge in [0, 0.05) is 49.8 Å². The van der Waals surface area contributed by atoms with E-state index in [4.69, 9.17) is 28.8 Å². The molecule has 282 valence electrons. The average molecular weight is 779 g/mol. The third-order valence-electron chi connectivity index (χ3n) is 13.0. The summed E-state index contributed by atoms with van der Waals surface area (Å²) in [6.07, 6.45) is 1.81. The summed E-state index contributed by atoms with van der Waals surface area (Å²) in [6, 6.07) is 61.7. The van der Waals surface area contributed by atoms with E-state index in [9.17, 15) is 0 Å². The summed E-state index contributed by atoms with van der Waals surface area (Å²) in [5, 5.41) is 5.32. The maximum atomic E-state index is 6.82. The third kappa shape index (κ3) is 4.35. The molecule has 2 aliphatic rings. The Bertz CT molecular complexity index is 3790. The van der Waals surface area contributed by atoms with Crippen LogP contribution in [0.15, 0.2) is 191 Å². The van der Waals surface area contributed by atoms with Crippen molar-refractivity contribution < 1.29 is 8.83 Å². The summed E-state index contributed by atoms with van der Waals surface area (Å²) < 4.78 is 13.4. The fraction of sp³-hybridized carbons (Fsp3) is 0.0182. The standard InChI is InChI=1S/C55H30N4O2/c1-2-12-32(13-3-1)52-57-53(59-54(58-52)38-19-10-14-31-15-11-27-56-51(31)38)33-23-25-46-41(28-33)49-47(60-46)26-24-37-39-29-40-36-18-6-9-22-45(36)61-48(40)30-44(39)55(50(37)49)42-20-7-4-16-34(42)35-17-5-8-21-43(35)55/h1-30H. The van der Waals surface area contributed by atoms with Gasteiger partial charge < -0.3 is 8.83 Å². The Morgan fingerprint density at radius 2 is 1.05 bits per heavy atom. The normalized spacial score (nSPS) is 13.4. The number of furan rings is 2. The van der Waals surface area contributed by atoms with Gasteiger partial charge in [-0.05, 0) is 99.1 Å². The van der Waals surface area contributed by atoms with E-state index in [-0.39, 0.29) is 0 Å². The van der Waals surface area contributed by atoms with Gasteiger partial charge in [-0.25, -0.2) is 15.0 Å². The molecule has 6 nitrogen and oxygen atoms in total. The van der Waals surface area contributed by atoms with Crippen LogP contribution in [0.4, 0.5) is 0 Å². The van der Waals surface area contributed by atoms with Crippen LogP contribution >= 0.6 is 0 Å². The maximum absolute atomic E-state index is 6.82. The second kappa shape index (κ2) is 11.9. The second-order valence-electron chi connectivity index (χ2n) is 16.1. The predicted octanol–water partition coefficient (Wildman–Crippen LogP) is 13.6. The zero-order valence-electron chi connectivity index (χ0n) is 32.4. The van der Waals surface area contributed by atoms with Gasteiger partial charge in [0.1, 0.15) is 22.3 Å². The van der Waals surface area contributed by atoms with E-state index in [0.29, 0.717) is 17.5 Å². The molecule has 8 aromatic carbocycles. The van der Waals surface area contributed by atoms with E-state index in [1.165, 1.54) is 44.5 Å². The van der Waals surface area contributed by atoms with Gasteiger partial charge in [0.2, 0.25) is 0 Å². The van der Waals surface area contributed by atoms with E-state index >= 15 is 0 Å². The number of aromatic nitrogens is 4. The Balaban J connectivity index is 1.07. The summed E-state index contributed by atoms with van der Waals surface area (Å²) in [5.41, 5.74) is 16.0. The minimum atomic E-state index is -0.639. The highest BCUT2D eigenvalue weighted by atomic mass is 16.3. The van der Waals surface area contributed by atoms with Gasteiger partial charge in [-0.1, -0.05) is 121 Å². The van der Waals surface area contributed by atoms with E-state index in [1.807, 2.05) is 60.8 Å². The van der Waals surface area contributed by atoms with Crippen molar-refractivity contribution in [3.05, 3.63) is 204 Å². The molecule has 0 atom stereocenters. The quantitative estimate of drug-likeness (QED) is 0.178. The van der Waals surface area contributed by atoms with Crippen LogP contribution < -0.4 is 0 Å². The molecule has 4 heterocycles. The first-order valence-corrected chi connectivity index (χ1v) is 20.5. The number of para-hydroxylation sites is 2. The molecule has 2 aliphatic carbocycles. The fourth-order valence-corrected chi connectivity index (χ4v) is 10.5. The number of hydrogen-bond acceptors (Lipinski definition) is 6. The van der Waals surface area contributed by atoms with Crippen molar-refractivity contribution >= 4 is 54.8 Å². The van der Waals surface area contributed by atoms with Gasteiger partial charge in [0.15, 0.2) is 17.5 Å².